The number of rotatable bonds is 0. The maximum Gasteiger partial charge on any atom is 0.0782 e. The second-order valence-electron chi connectivity index (χ2n) is 2.44. The molecule has 1 saturated heterocycles. The Morgan fingerprint density at radius 2 is 2.50 bits per heavy atom. The first-order chi connectivity index (χ1) is 3.93. The van der Waals surface area contributed by atoms with Gasteiger partial charge < -0.3 is 4.74 Å². The van der Waals surface area contributed by atoms with E-state index >= 15 is 0 Å². The number of nitrogens with zero attached hydrogens (tertiary/aromatic N) is 1. The van der Waals surface area contributed by atoms with Gasteiger partial charge in [-0.05, 0) is 6.42 Å². The lowest BCUT2D eigenvalue weighted by Crippen LogP contribution is -1.92. The zero-order chi connectivity index (χ0) is 5.56. The van der Waals surface area contributed by atoms with Gasteiger partial charge in [-0.2, -0.15) is 5.26 Å². The Hall–Kier alpha value is -0.550. The maximum atomic E-state index is 8.38. The highest BCUT2D eigenvalue weighted by Crippen LogP contribution is 2.48. The average molecular weight is 109 g/mol. The fourth-order valence-corrected chi connectivity index (χ4v) is 1.42. The molecule has 42 valence electrons. The van der Waals surface area contributed by atoms with Crippen molar-refractivity contribution in [2.75, 3.05) is 6.61 Å². The van der Waals surface area contributed by atoms with Crippen molar-refractivity contribution < 1.29 is 4.74 Å². The van der Waals surface area contributed by atoms with E-state index in [0.29, 0.717) is 12.0 Å². The number of nitriles is 1. The maximum absolute atomic E-state index is 8.38. The molecule has 2 rings (SSSR count). The molecule has 3 atom stereocenters. The molecule has 3 unspecified atom stereocenters. The molecule has 2 heteroatoms. The van der Waals surface area contributed by atoms with E-state index in [1.54, 1.807) is 0 Å². The van der Waals surface area contributed by atoms with E-state index in [-0.39, 0.29) is 5.92 Å². The number of fused-ring (bicyclic) bond motifs is 1. The summed E-state index contributed by atoms with van der Waals surface area (Å²) >= 11 is 0. The van der Waals surface area contributed by atoms with Gasteiger partial charge in [-0.3, -0.25) is 0 Å². The smallest absolute Gasteiger partial charge is 0.0782 e. The highest BCUT2D eigenvalue weighted by atomic mass is 16.5. The second-order valence-corrected chi connectivity index (χ2v) is 2.44. The Balaban J connectivity index is 2.06. The van der Waals surface area contributed by atoms with Gasteiger partial charge in [0, 0.05) is 12.5 Å². The van der Waals surface area contributed by atoms with Crippen LogP contribution in [-0.4, -0.2) is 12.7 Å². The molecule has 1 aliphatic heterocycles. The lowest BCUT2D eigenvalue weighted by molar-refractivity contribution is 0.146. The topological polar surface area (TPSA) is 33.0 Å². The first-order valence-electron chi connectivity index (χ1n) is 2.94. The molecule has 2 nitrogen and oxygen atoms in total. The van der Waals surface area contributed by atoms with Crippen LogP contribution in [0.2, 0.25) is 0 Å². The lowest BCUT2D eigenvalue weighted by atomic mass is 10.3. The summed E-state index contributed by atoms with van der Waals surface area (Å²) in [7, 11) is 0. The van der Waals surface area contributed by atoms with E-state index in [1.165, 1.54) is 0 Å². The summed E-state index contributed by atoms with van der Waals surface area (Å²) in [6.45, 7) is 0.882. The Bertz CT molecular complexity index is 139. The van der Waals surface area contributed by atoms with Crippen LogP contribution < -0.4 is 0 Å². The van der Waals surface area contributed by atoms with Crippen LogP contribution in [0.4, 0.5) is 0 Å². The third kappa shape index (κ3) is 0.354. The van der Waals surface area contributed by atoms with Crippen LogP contribution in [0.5, 0.6) is 0 Å². The quantitative estimate of drug-likeness (QED) is 0.455. The summed E-state index contributed by atoms with van der Waals surface area (Å²) in [6.07, 6.45) is 1.45. The van der Waals surface area contributed by atoms with Crippen LogP contribution in [0.3, 0.4) is 0 Å². The minimum Gasteiger partial charge on any atom is -0.376 e. The SMILES string of the molecule is N#CC1C2CCOC12. The highest BCUT2D eigenvalue weighted by molar-refractivity contribution is 5.12. The van der Waals surface area contributed by atoms with Gasteiger partial charge in [0.2, 0.25) is 0 Å². The zero-order valence-corrected chi connectivity index (χ0v) is 4.50. The zero-order valence-electron chi connectivity index (χ0n) is 4.50. The first kappa shape index (κ1) is 4.34. The summed E-state index contributed by atoms with van der Waals surface area (Å²) in [5.74, 6) is 0.865. The van der Waals surface area contributed by atoms with Gasteiger partial charge in [-0.25, -0.2) is 0 Å². The molecular formula is C6H7NO. The molecule has 2 aliphatic rings. The molecule has 8 heavy (non-hydrogen) atoms. The average Bonchev–Trinajstić information content (AvgIpc) is 2.22. The van der Waals surface area contributed by atoms with Gasteiger partial charge in [0.1, 0.15) is 0 Å². The minimum atomic E-state index is 0.253. The molecule has 1 saturated carbocycles. The summed E-state index contributed by atoms with van der Waals surface area (Å²) in [5, 5.41) is 8.38. The van der Waals surface area contributed by atoms with E-state index in [9.17, 15) is 0 Å². The van der Waals surface area contributed by atoms with Crippen LogP contribution in [0, 0.1) is 23.2 Å². The monoisotopic (exact) mass is 109 g/mol. The van der Waals surface area contributed by atoms with Crippen molar-refractivity contribution in [1.82, 2.24) is 0 Å². The number of hydrogen-bond donors (Lipinski definition) is 0. The molecule has 0 aromatic heterocycles. The Morgan fingerprint density at radius 3 is 2.88 bits per heavy atom. The standard InChI is InChI=1S/C6H7NO/c7-3-5-4-1-2-8-6(4)5/h4-6H,1-2H2. The van der Waals surface area contributed by atoms with Gasteiger partial charge in [0.05, 0.1) is 18.1 Å². The lowest BCUT2D eigenvalue weighted by Gasteiger charge is -1.91. The predicted octanol–water partition coefficient (Wildman–Crippen LogP) is 0.545. The molecule has 0 aromatic rings. The van der Waals surface area contributed by atoms with E-state index in [1.807, 2.05) is 0 Å². The first-order valence-corrected chi connectivity index (χ1v) is 2.94. The molecule has 0 amide bonds. The van der Waals surface area contributed by atoms with E-state index < -0.39 is 0 Å². The summed E-state index contributed by atoms with van der Waals surface area (Å²) in [6, 6.07) is 2.22. The molecule has 0 radical (unpaired) electrons. The molecule has 1 heterocycles. The van der Waals surface area contributed by atoms with Gasteiger partial charge in [0.25, 0.3) is 0 Å². The number of hydrogen-bond acceptors (Lipinski definition) is 2. The second kappa shape index (κ2) is 1.24. The Kier molecular flexibility index (Phi) is 0.671. The van der Waals surface area contributed by atoms with Crippen molar-refractivity contribution in [3.63, 3.8) is 0 Å². The molecule has 0 bridgehead atoms. The fraction of sp³-hybridized carbons (Fsp3) is 0.833. The van der Waals surface area contributed by atoms with E-state index in [2.05, 4.69) is 6.07 Å². The summed E-state index contributed by atoms with van der Waals surface area (Å²) in [4.78, 5) is 0. The van der Waals surface area contributed by atoms with Gasteiger partial charge in [-0.15, -0.1) is 0 Å². The van der Waals surface area contributed by atoms with Crippen LogP contribution >= 0.6 is 0 Å². The van der Waals surface area contributed by atoms with Gasteiger partial charge in [0.15, 0.2) is 0 Å². The fourth-order valence-electron chi connectivity index (χ4n) is 1.42. The van der Waals surface area contributed by atoms with Crippen molar-refractivity contribution in [1.29, 1.82) is 5.26 Å². The predicted molar refractivity (Wildman–Crippen MR) is 26.9 cm³/mol. The van der Waals surface area contributed by atoms with Crippen molar-refractivity contribution >= 4 is 0 Å². The Morgan fingerprint density at radius 1 is 1.62 bits per heavy atom. The van der Waals surface area contributed by atoms with Crippen LogP contribution in [0.25, 0.3) is 0 Å². The van der Waals surface area contributed by atoms with Crippen molar-refractivity contribution in [3.05, 3.63) is 0 Å². The molecule has 0 spiro atoms. The molecule has 0 aromatic carbocycles. The molecule has 0 N–H and O–H groups in total. The van der Waals surface area contributed by atoms with E-state index in [0.717, 1.165) is 13.0 Å². The minimum absolute atomic E-state index is 0.253. The van der Waals surface area contributed by atoms with Gasteiger partial charge in [-0.1, -0.05) is 0 Å². The summed E-state index contributed by atoms with van der Waals surface area (Å²) in [5.41, 5.74) is 0. The van der Waals surface area contributed by atoms with Gasteiger partial charge >= 0.3 is 0 Å². The van der Waals surface area contributed by atoms with Crippen molar-refractivity contribution in [3.8, 4) is 6.07 Å². The normalized spacial score (nSPS) is 50.1. The third-order valence-electron chi connectivity index (χ3n) is 2.01. The molecule has 1 aliphatic carbocycles. The highest BCUT2D eigenvalue weighted by Gasteiger charge is 2.54. The van der Waals surface area contributed by atoms with E-state index in [4.69, 9.17) is 10.00 Å². The Labute approximate surface area is 48.1 Å². The largest absolute Gasteiger partial charge is 0.376 e. The third-order valence-corrected chi connectivity index (χ3v) is 2.01. The molecule has 2 fully saturated rings. The van der Waals surface area contributed by atoms with Crippen LogP contribution in [0.15, 0.2) is 0 Å². The molecular weight excluding hydrogens is 102 g/mol. The number of ether oxygens (including phenoxy) is 1. The van der Waals surface area contributed by atoms with Crippen LogP contribution in [0.1, 0.15) is 6.42 Å². The van der Waals surface area contributed by atoms with Crippen molar-refractivity contribution in [2.45, 2.75) is 12.5 Å². The summed E-state index contributed by atoms with van der Waals surface area (Å²) < 4.78 is 5.21. The van der Waals surface area contributed by atoms with Crippen molar-refractivity contribution in [2.24, 2.45) is 11.8 Å². The van der Waals surface area contributed by atoms with Crippen LogP contribution in [-0.2, 0) is 4.74 Å².